The van der Waals surface area contributed by atoms with Crippen molar-refractivity contribution in [2.24, 2.45) is 0 Å². The van der Waals surface area contributed by atoms with Gasteiger partial charge >= 0.3 is 0 Å². The molecule has 0 radical (unpaired) electrons. The van der Waals surface area contributed by atoms with Crippen molar-refractivity contribution in [3.05, 3.63) is 17.7 Å². The Hall–Kier alpha value is -2.38. The second-order valence-electron chi connectivity index (χ2n) is 6.12. The number of carbonyl (C=O) groups is 1. The summed E-state index contributed by atoms with van der Waals surface area (Å²) in [6.45, 7) is 2.29. The molecule has 2 aliphatic rings. The molecule has 1 amide bonds. The zero-order valence-corrected chi connectivity index (χ0v) is 13.1. The lowest BCUT2D eigenvalue weighted by atomic mass is 10.1. The minimum atomic E-state index is -0.137. The van der Waals surface area contributed by atoms with Crippen molar-refractivity contribution >= 4 is 5.91 Å². The Bertz CT molecular complexity index is 647. The van der Waals surface area contributed by atoms with Crippen LogP contribution >= 0.6 is 0 Å². The fourth-order valence-corrected chi connectivity index (χ4v) is 3.06. The summed E-state index contributed by atoms with van der Waals surface area (Å²) in [5.74, 6) is -0.137. The van der Waals surface area contributed by atoms with Crippen LogP contribution in [0.2, 0.25) is 0 Å². The highest BCUT2D eigenvalue weighted by Gasteiger charge is 2.29. The fourth-order valence-electron chi connectivity index (χ4n) is 3.06. The van der Waals surface area contributed by atoms with Gasteiger partial charge in [0.15, 0.2) is 0 Å². The van der Waals surface area contributed by atoms with E-state index in [-0.39, 0.29) is 19.0 Å². The first-order chi connectivity index (χ1) is 11.2. The van der Waals surface area contributed by atoms with Crippen molar-refractivity contribution in [2.75, 3.05) is 26.2 Å². The third-order valence-electron chi connectivity index (χ3n) is 4.48. The van der Waals surface area contributed by atoms with Gasteiger partial charge in [-0.25, -0.2) is 4.98 Å². The normalized spacial score (nSPS) is 17.1. The Balaban J connectivity index is 1.52. The van der Waals surface area contributed by atoms with E-state index in [2.05, 4.69) is 14.5 Å². The van der Waals surface area contributed by atoms with E-state index in [0.29, 0.717) is 19.0 Å². The van der Waals surface area contributed by atoms with Gasteiger partial charge in [0.1, 0.15) is 13.1 Å². The zero-order valence-electron chi connectivity index (χ0n) is 13.1. The number of nitrogens with zero attached hydrogens (tertiary/aromatic N) is 6. The molecule has 0 saturated heterocycles. The van der Waals surface area contributed by atoms with Crippen molar-refractivity contribution in [1.29, 1.82) is 10.5 Å². The first-order valence-corrected chi connectivity index (χ1v) is 8.01. The van der Waals surface area contributed by atoms with Gasteiger partial charge in [-0.2, -0.15) is 10.5 Å². The molecule has 1 aliphatic heterocycles. The maximum Gasteiger partial charge on any atom is 0.225 e. The largest absolute Gasteiger partial charge is 0.331 e. The van der Waals surface area contributed by atoms with Crippen LogP contribution in [0.25, 0.3) is 0 Å². The molecule has 1 aromatic rings. The summed E-state index contributed by atoms with van der Waals surface area (Å²) in [6, 6.07) is 4.52. The van der Waals surface area contributed by atoms with Crippen molar-refractivity contribution < 1.29 is 4.79 Å². The van der Waals surface area contributed by atoms with Crippen molar-refractivity contribution in [2.45, 2.75) is 38.3 Å². The van der Waals surface area contributed by atoms with E-state index >= 15 is 0 Å². The Morgan fingerprint density at radius 2 is 2.09 bits per heavy atom. The molecule has 0 bridgehead atoms. The first-order valence-electron chi connectivity index (χ1n) is 8.01. The molecule has 1 saturated carbocycles. The molecule has 2 heterocycles. The summed E-state index contributed by atoms with van der Waals surface area (Å²) in [5.41, 5.74) is 2.48. The Morgan fingerprint density at radius 3 is 2.74 bits per heavy atom. The highest BCUT2D eigenvalue weighted by atomic mass is 16.2. The van der Waals surface area contributed by atoms with Gasteiger partial charge < -0.3 is 9.47 Å². The lowest BCUT2D eigenvalue weighted by Gasteiger charge is -2.27. The summed E-state index contributed by atoms with van der Waals surface area (Å²) in [7, 11) is 0. The molecule has 23 heavy (non-hydrogen) atoms. The predicted molar refractivity (Wildman–Crippen MR) is 81.9 cm³/mol. The molecule has 0 spiro atoms. The van der Waals surface area contributed by atoms with E-state index < -0.39 is 0 Å². The zero-order chi connectivity index (χ0) is 16.2. The molecule has 7 nitrogen and oxygen atoms in total. The second-order valence-corrected chi connectivity index (χ2v) is 6.12. The molecule has 1 aromatic heterocycles. The predicted octanol–water partition coefficient (Wildman–Crippen LogP) is 0.842. The van der Waals surface area contributed by atoms with Gasteiger partial charge in [0.25, 0.3) is 0 Å². The highest BCUT2D eigenvalue weighted by molar-refractivity contribution is 5.76. The van der Waals surface area contributed by atoms with Crippen LogP contribution in [-0.4, -0.2) is 51.4 Å². The van der Waals surface area contributed by atoms with E-state index in [1.165, 1.54) is 23.4 Å². The number of fused-ring (bicyclic) bond motifs is 1. The molecule has 1 aliphatic carbocycles. The van der Waals surface area contributed by atoms with Crippen LogP contribution < -0.4 is 0 Å². The lowest BCUT2D eigenvalue weighted by molar-refractivity contribution is -0.130. The SMILES string of the molecule is N#CCN(CC#N)C(=O)CCN1CCc2c(ncn2C2CC2)C1. The van der Waals surface area contributed by atoms with Gasteiger partial charge in [0.2, 0.25) is 5.91 Å². The molecule has 120 valence electrons. The van der Waals surface area contributed by atoms with Crippen LogP contribution in [0, 0.1) is 22.7 Å². The van der Waals surface area contributed by atoms with Gasteiger partial charge in [-0.3, -0.25) is 9.69 Å². The molecule has 0 atom stereocenters. The number of imidazole rings is 1. The third kappa shape index (κ3) is 3.52. The van der Waals surface area contributed by atoms with Gasteiger partial charge in [-0.1, -0.05) is 0 Å². The molecular formula is C16H20N6O. The van der Waals surface area contributed by atoms with Crippen LogP contribution in [0.1, 0.15) is 36.7 Å². The van der Waals surface area contributed by atoms with Crippen molar-refractivity contribution in [3.8, 4) is 12.1 Å². The average Bonchev–Trinajstić information content (AvgIpc) is 3.32. The molecule has 3 rings (SSSR count). The number of hydrogen-bond acceptors (Lipinski definition) is 5. The molecule has 1 fully saturated rings. The summed E-state index contributed by atoms with van der Waals surface area (Å²) >= 11 is 0. The molecule has 0 N–H and O–H groups in total. The Morgan fingerprint density at radius 1 is 1.35 bits per heavy atom. The lowest BCUT2D eigenvalue weighted by Crippen LogP contribution is -2.37. The fraction of sp³-hybridized carbons (Fsp3) is 0.625. The molecule has 0 unspecified atom stereocenters. The van der Waals surface area contributed by atoms with Crippen LogP contribution in [0.3, 0.4) is 0 Å². The van der Waals surface area contributed by atoms with Crippen LogP contribution in [0.5, 0.6) is 0 Å². The Kier molecular flexibility index (Phi) is 4.59. The number of rotatable bonds is 6. The summed E-state index contributed by atoms with van der Waals surface area (Å²) in [4.78, 5) is 20.1. The van der Waals surface area contributed by atoms with E-state index in [4.69, 9.17) is 10.5 Å². The van der Waals surface area contributed by atoms with Crippen LogP contribution in [0.15, 0.2) is 6.33 Å². The second kappa shape index (κ2) is 6.80. The minimum Gasteiger partial charge on any atom is -0.331 e. The summed E-state index contributed by atoms with van der Waals surface area (Å²) in [5, 5.41) is 17.4. The maximum absolute atomic E-state index is 12.1. The number of hydrogen-bond donors (Lipinski definition) is 0. The average molecular weight is 312 g/mol. The van der Waals surface area contributed by atoms with Crippen molar-refractivity contribution in [1.82, 2.24) is 19.4 Å². The van der Waals surface area contributed by atoms with Gasteiger partial charge in [-0.05, 0) is 12.8 Å². The van der Waals surface area contributed by atoms with Crippen molar-refractivity contribution in [3.63, 3.8) is 0 Å². The number of aromatic nitrogens is 2. The third-order valence-corrected chi connectivity index (χ3v) is 4.48. The summed E-state index contributed by atoms with van der Waals surface area (Å²) in [6.07, 6.45) is 5.78. The smallest absolute Gasteiger partial charge is 0.225 e. The quantitative estimate of drug-likeness (QED) is 0.726. The standard InChI is InChI=1S/C16H20N6O/c17-5-9-21(10-6-18)16(23)4-8-20-7-3-15-14(11-20)19-12-22(15)13-1-2-13/h12-13H,1-4,7-11H2. The Labute approximate surface area is 135 Å². The van der Waals surface area contributed by atoms with Crippen LogP contribution in [0.4, 0.5) is 0 Å². The minimum absolute atomic E-state index is 0.0255. The highest BCUT2D eigenvalue weighted by Crippen LogP contribution is 2.37. The van der Waals surface area contributed by atoms with Gasteiger partial charge in [-0.15, -0.1) is 0 Å². The molecule has 7 heteroatoms. The van der Waals surface area contributed by atoms with E-state index in [1.54, 1.807) is 0 Å². The number of amides is 1. The van der Waals surface area contributed by atoms with Gasteiger partial charge in [0.05, 0.1) is 24.2 Å². The number of carbonyl (C=O) groups excluding carboxylic acids is 1. The molecular weight excluding hydrogens is 292 g/mol. The van der Waals surface area contributed by atoms with E-state index in [9.17, 15) is 4.79 Å². The van der Waals surface area contributed by atoms with Crippen LogP contribution in [-0.2, 0) is 17.8 Å². The van der Waals surface area contributed by atoms with E-state index in [1.807, 2.05) is 18.5 Å². The summed E-state index contributed by atoms with van der Waals surface area (Å²) < 4.78 is 2.32. The monoisotopic (exact) mass is 312 g/mol. The first kappa shape index (κ1) is 15.5. The number of nitriles is 2. The van der Waals surface area contributed by atoms with E-state index in [0.717, 1.165) is 25.2 Å². The van der Waals surface area contributed by atoms with Gasteiger partial charge in [0, 0.05) is 44.2 Å². The molecule has 0 aromatic carbocycles. The topological polar surface area (TPSA) is 88.9 Å². The maximum atomic E-state index is 12.1.